The molecule has 2 heterocycles. The van der Waals surface area contributed by atoms with Gasteiger partial charge in [-0.3, -0.25) is 4.79 Å². The minimum absolute atomic E-state index is 0.0755. The van der Waals surface area contributed by atoms with Crippen LogP contribution in [0.2, 0.25) is 0 Å². The molecular formula is C19H26N4O3S2. The smallest absolute Gasteiger partial charge is 0.262 e. The number of imidazole rings is 1. The average molecular weight is 423 g/mol. The predicted molar refractivity (Wildman–Crippen MR) is 110 cm³/mol. The monoisotopic (exact) mass is 422 g/mol. The van der Waals surface area contributed by atoms with E-state index in [9.17, 15) is 13.2 Å². The van der Waals surface area contributed by atoms with E-state index in [4.69, 9.17) is 0 Å². The van der Waals surface area contributed by atoms with Gasteiger partial charge in [-0.25, -0.2) is 13.4 Å². The highest BCUT2D eigenvalue weighted by molar-refractivity contribution is 7.99. The molecule has 0 saturated carbocycles. The number of carbonyl (C=O) groups is 1. The molecule has 9 heteroatoms. The molecule has 1 aromatic carbocycles. The first-order valence-electron chi connectivity index (χ1n) is 9.33. The van der Waals surface area contributed by atoms with Crippen LogP contribution in [0.4, 0.5) is 0 Å². The summed E-state index contributed by atoms with van der Waals surface area (Å²) in [6, 6.07) is 10.00. The van der Waals surface area contributed by atoms with Crippen molar-refractivity contribution in [1.29, 1.82) is 0 Å². The quantitative estimate of drug-likeness (QED) is 0.667. The zero-order chi connectivity index (χ0) is 20.1. The maximum atomic E-state index is 12.9. The van der Waals surface area contributed by atoms with Gasteiger partial charge in [-0.1, -0.05) is 18.2 Å². The zero-order valence-corrected chi connectivity index (χ0v) is 17.9. The van der Waals surface area contributed by atoms with Crippen LogP contribution in [0.15, 0.2) is 46.5 Å². The van der Waals surface area contributed by atoms with Crippen molar-refractivity contribution >= 4 is 27.7 Å². The molecule has 1 saturated heterocycles. The number of amides is 1. The molecule has 1 aliphatic heterocycles. The fourth-order valence-corrected chi connectivity index (χ4v) is 5.45. The number of carbonyl (C=O) groups excluding carboxylic acids is 1. The first-order valence-corrected chi connectivity index (χ1v) is 11.8. The lowest BCUT2D eigenvalue weighted by Gasteiger charge is -2.21. The number of hydrogen-bond acceptors (Lipinski definition) is 5. The zero-order valence-electron chi connectivity index (χ0n) is 16.2. The lowest BCUT2D eigenvalue weighted by molar-refractivity contribution is -0.130. The van der Waals surface area contributed by atoms with Crippen LogP contribution in [0.5, 0.6) is 0 Å². The van der Waals surface area contributed by atoms with Gasteiger partial charge >= 0.3 is 0 Å². The number of sulfonamides is 1. The van der Waals surface area contributed by atoms with E-state index < -0.39 is 10.0 Å². The number of rotatable bonds is 6. The first kappa shape index (κ1) is 20.9. The van der Waals surface area contributed by atoms with Gasteiger partial charge in [0.2, 0.25) is 5.91 Å². The summed E-state index contributed by atoms with van der Waals surface area (Å²) in [6.07, 6.45) is 2.62. The molecule has 0 radical (unpaired) electrons. The van der Waals surface area contributed by atoms with E-state index >= 15 is 0 Å². The summed E-state index contributed by atoms with van der Waals surface area (Å²) in [5.41, 5.74) is 0. The van der Waals surface area contributed by atoms with Crippen LogP contribution in [0.25, 0.3) is 0 Å². The van der Waals surface area contributed by atoms with Crippen LogP contribution in [-0.2, 0) is 21.9 Å². The molecule has 0 bridgehead atoms. The molecular weight excluding hydrogens is 396 g/mol. The van der Waals surface area contributed by atoms with Gasteiger partial charge in [0, 0.05) is 56.5 Å². The van der Waals surface area contributed by atoms with Crippen LogP contribution in [-0.4, -0.2) is 65.0 Å². The number of hydrogen-bond donors (Lipinski definition) is 0. The second-order valence-electron chi connectivity index (χ2n) is 6.79. The van der Waals surface area contributed by atoms with E-state index in [1.165, 1.54) is 4.31 Å². The van der Waals surface area contributed by atoms with Crippen LogP contribution >= 0.6 is 11.8 Å². The molecule has 0 unspecified atom stereocenters. The molecule has 1 aliphatic rings. The van der Waals surface area contributed by atoms with Crippen LogP contribution in [0.3, 0.4) is 0 Å². The topological polar surface area (TPSA) is 75.5 Å². The van der Waals surface area contributed by atoms with Gasteiger partial charge in [-0.2, -0.15) is 4.31 Å². The minimum Gasteiger partial charge on any atom is -0.341 e. The number of nitrogens with zero attached hydrogens (tertiary/aromatic N) is 4. The van der Waals surface area contributed by atoms with Gasteiger partial charge in [0.05, 0.1) is 0 Å². The van der Waals surface area contributed by atoms with E-state index in [1.807, 2.05) is 30.3 Å². The fourth-order valence-electron chi connectivity index (χ4n) is 3.10. The van der Waals surface area contributed by atoms with Gasteiger partial charge in [0.1, 0.15) is 5.82 Å². The highest BCUT2D eigenvalue weighted by Crippen LogP contribution is 2.20. The summed E-state index contributed by atoms with van der Waals surface area (Å²) in [4.78, 5) is 19.6. The van der Waals surface area contributed by atoms with Crippen molar-refractivity contribution in [2.75, 3.05) is 31.9 Å². The van der Waals surface area contributed by atoms with Crippen molar-refractivity contribution < 1.29 is 13.2 Å². The standard InChI is InChI=1S/C19H26N4O3S2/c1-16-20-18(15-21(16)2)28(25,26)23-11-6-10-22(12-13-23)19(24)9-14-27-17-7-4-3-5-8-17/h3-5,7-8,15H,6,9-14H2,1-2H3. The second kappa shape index (κ2) is 9.11. The van der Waals surface area contributed by atoms with Crippen molar-refractivity contribution in [3.05, 3.63) is 42.4 Å². The Morgan fingerprint density at radius 3 is 2.57 bits per heavy atom. The van der Waals surface area contributed by atoms with Gasteiger partial charge in [0.15, 0.2) is 5.03 Å². The maximum Gasteiger partial charge on any atom is 0.262 e. The largest absolute Gasteiger partial charge is 0.341 e. The summed E-state index contributed by atoms with van der Waals surface area (Å²) in [5.74, 6) is 1.45. The Morgan fingerprint density at radius 1 is 1.14 bits per heavy atom. The minimum atomic E-state index is -3.63. The number of thioether (sulfide) groups is 1. The Hall–Kier alpha value is -1.84. The number of aryl methyl sites for hydroxylation is 2. The Morgan fingerprint density at radius 2 is 1.89 bits per heavy atom. The third-order valence-corrected chi connectivity index (χ3v) is 7.61. The summed E-state index contributed by atoms with van der Waals surface area (Å²) in [6.45, 7) is 3.48. The van der Waals surface area contributed by atoms with Gasteiger partial charge < -0.3 is 9.47 Å². The highest BCUT2D eigenvalue weighted by atomic mass is 32.2. The Bertz CT molecular complexity index is 893. The second-order valence-corrected chi connectivity index (χ2v) is 9.84. The number of aromatic nitrogens is 2. The molecule has 152 valence electrons. The lowest BCUT2D eigenvalue weighted by Crippen LogP contribution is -2.37. The number of benzene rings is 1. The third kappa shape index (κ3) is 4.95. The molecule has 1 fully saturated rings. The SMILES string of the molecule is Cc1nc(S(=O)(=O)N2CCCN(C(=O)CCSc3ccccc3)CC2)cn1C. The average Bonchev–Trinajstić information content (AvgIpc) is 2.88. The summed E-state index contributed by atoms with van der Waals surface area (Å²) < 4.78 is 28.9. The molecule has 1 amide bonds. The molecule has 2 aromatic rings. The molecule has 1 aromatic heterocycles. The molecule has 28 heavy (non-hydrogen) atoms. The van der Waals surface area contributed by atoms with E-state index in [0.29, 0.717) is 50.6 Å². The van der Waals surface area contributed by atoms with Crippen molar-refractivity contribution in [3.8, 4) is 0 Å². The van der Waals surface area contributed by atoms with Gasteiger partial charge in [0.25, 0.3) is 10.0 Å². The lowest BCUT2D eigenvalue weighted by atomic mass is 10.3. The Labute approximate surface area is 170 Å². The van der Waals surface area contributed by atoms with E-state index in [2.05, 4.69) is 4.98 Å². The summed E-state index contributed by atoms with van der Waals surface area (Å²) >= 11 is 1.66. The van der Waals surface area contributed by atoms with Crippen LogP contribution in [0.1, 0.15) is 18.7 Å². The van der Waals surface area contributed by atoms with Gasteiger partial charge in [-0.15, -0.1) is 11.8 Å². The normalized spacial score (nSPS) is 16.1. The van der Waals surface area contributed by atoms with Crippen molar-refractivity contribution in [1.82, 2.24) is 18.8 Å². The van der Waals surface area contributed by atoms with Crippen molar-refractivity contribution in [2.45, 2.75) is 29.7 Å². The Kier molecular flexibility index (Phi) is 6.79. The first-order chi connectivity index (χ1) is 13.4. The molecule has 3 rings (SSSR count). The summed E-state index contributed by atoms with van der Waals surface area (Å²) in [7, 11) is -1.85. The molecule has 7 nitrogen and oxygen atoms in total. The third-order valence-electron chi connectivity index (χ3n) is 4.83. The molecule has 0 aliphatic carbocycles. The maximum absolute atomic E-state index is 12.9. The predicted octanol–water partition coefficient (Wildman–Crippen LogP) is 2.13. The highest BCUT2D eigenvalue weighted by Gasteiger charge is 2.30. The van der Waals surface area contributed by atoms with E-state index in [0.717, 1.165) is 4.90 Å². The molecule has 0 spiro atoms. The van der Waals surface area contributed by atoms with E-state index in [1.54, 1.807) is 41.4 Å². The van der Waals surface area contributed by atoms with Crippen LogP contribution in [0, 0.1) is 6.92 Å². The fraction of sp³-hybridized carbons (Fsp3) is 0.474. The van der Waals surface area contributed by atoms with Crippen molar-refractivity contribution in [3.63, 3.8) is 0 Å². The Balaban J connectivity index is 1.54. The van der Waals surface area contributed by atoms with Crippen LogP contribution < -0.4 is 0 Å². The molecule has 0 N–H and O–H groups in total. The molecule has 0 atom stereocenters. The van der Waals surface area contributed by atoms with Crippen molar-refractivity contribution in [2.24, 2.45) is 7.05 Å². The van der Waals surface area contributed by atoms with Gasteiger partial charge in [-0.05, 0) is 25.5 Å². The van der Waals surface area contributed by atoms with E-state index in [-0.39, 0.29) is 10.9 Å². The summed E-state index contributed by atoms with van der Waals surface area (Å²) in [5, 5.41) is 0.0755.